The number of nitrogens with two attached hydrogens (primary N) is 3. The molecule has 3 aliphatic rings. The van der Waals surface area contributed by atoms with E-state index in [0.717, 1.165) is 16.8 Å². The smallest absolute Gasteiger partial charge is 0.353 e. The number of carbonyl (C=O) groups is 5. The lowest BCUT2D eigenvalue weighted by Crippen LogP contribution is -2.71. The Kier molecular flexibility index (Phi) is 12.0. The topological polar surface area (TPSA) is 281 Å². The monoisotopic (exact) mass is 698 g/mol. The summed E-state index contributed by atoms with van der Waals surface area (Å²) in [5.41, 5.74) is 15.8. The van der Waals surface area contributed by atoms with E-state index in [9.17, 15) is 34.3 Å². The van der Waals surface area contributed by atoms with Gasteiger partial charge in [-0.15, -0.1) is 11.8 Å². The van der Waals surface area contributed by atoms with E-state index < -0.39 is 52.4 Å². The summed E-state index contributed by atoms with van der Waals surface area (Å²) in [6.07, 6.45) is 1.81. The van der Waals surface area contributed by atoms with Crippen LogP contribution in [-0.4, -0.2) is 102 Å². The number of carboxylic acids is 1. The molecule has 0 aliphatic carbocycles. The molecule has 0 saturated carbocycles. The first-order valence-corrected chi connectivity index (χ1v) is 17.1. The fourth-order valence-corrected chi connectivity index (χ4v) is 8.23. The molecule has 1 unspecified atom stereocenters. The van der Waals surface area contributed by atoms with Crippen LogP contribution in [0.3, 0.4) is 0 Å². The number of fused-ring (bicyclic) bond motifs is 1. The molecule has 3 aliphatic heterocycles. The second kappa shape index (κ2) is 15.7. The van der Waals surface area contributed by atoms with Gasteiger partial charge in [0.15, 0.2) is 11.3 Å². The van der Waals surface area contributed by atoms with Gasteiger partial charge >= 0.3 is 5.97 Å². The molecule has 11 N–H and O–H groups in total. The van der Waals surface area contributed by atoms with Crippen molar-refractivity contribution in [2.75, 3.05) is 18.1 Å². The highest BCUT2D eigenvalue weighted by atomic mass is 32.2. The molecule has 45 heavy (non-hydrogen) atoms. The summed E-state index contributed by atoms with van der Waals surface area (Å²) in [7, 11) is 0. The molecule has 4 atom stereocenters. The number of aliphatic carboxylic acids is 1. The standard InChI is InChI=1S/C24H30N10O7S4/c25-10(3-4-14(26)35)19(36)29-6-7-42-8-11-12(2-1-5-28-11)44-13-9-43-22-16(21(38)34(22)17(13)23(39)40)30-20(37)15(32-41)18-31-24(27)45-33-18/h1-2,5,10,16,22,24,41H,3-4,6-9,25,27H2,(H2,26,35)(H,29,36)(H,30,37)(H,31,33)(H,39,40)/b32-15-/t10-,16+,22+,24?/m0/s1. The van der Waals surface area contributed by atoms with E-state index in [4.69, 9.17) is 17.2 Å². The lowest BCUT2D eigenvalue weighted by molar-refractivity contribution is -0.150. The normalized spacial score (nSPS) is 21.7. The molecule has 1 aromatic heterocycles. The number of aromatic nitrogens is 1. The van der Waals surface area contributed by atoms with Gasteiger partial charge in [0.1, 0.15) is 17.1 Å². The molecule has 4 rings (SSSR count). The molecule has 1 aromatic rings. The Labute approximate surface area is 273 Å². The largest absolute Gasteiger partial charge is 0.477 e. The van der Waals surface area contributed by atoms with Crippen LogP contribution in [0.1, 0.15) is 18.5 Å². The molecule has 1 fully saturated rings. The van der Waals surface area contributed by atoms with Crippen molar-refractivity contribution < 1.29 is 34.3 Å². The van der Waals surface area contributed by atoms with E-state index in [1.54, 1.807) is 18.3 Å². The molecule has 1 saturated heterocycles. The third kappa shape index (κ3) is 8.41. The van der Waals surface area contributed by atoms with E-state index in [-0.39, 0.29) is 36.0 Å². The van der Waals surface area contributed by atoms with Crippen molar-refractivity contribution in [3.63, 3.8) is 0 Å². The van der Waals surface area contributed by atoms with E-state index in [1.807, 2.05) is 0 Å². The average Bonchev–Trinajstić information content (AvgIpc) is 3.44. The number of carbonyl (C=O) groups excluding carboxylic acids is 4. The summed E-state index contributed by atoms with van der Waals surface area (Å²) in [5, 5.41) is 26.9. The minimum absolute atomic E-state index is 0.0240. The number of amides is 4. The molecule has 242 valence electrons. The number of hydrogen-bond donors (Lipinski definition) is 8. The van der Waals surface area contributed by atoms with Gasteiger partial charge in [0.2, 0.25) is 17.5 Å². The van der Waals surface area contributed by atoms with Crippen molar-refractivity contribution in [2.24, 2.45) is 27.3 Å². The zero-order valence-electron chi connectivity index (χ0n) is 23.4. The first-order valence-electron chi connectivity index (χ1n) is 13.2. The van der Waals surface area contributed by atoms with Gasteiger partial charge in [0.05, 0.1) is 11.7 Å². The lowest BCUT2D eigenvalue weighted by atomic mass is 10.0. The number of thioether (sulfide) groups is 3. The van der Waals surface area contributed by atoms with Gasteiger partial charge in [-0.25, -0.2) is 9.79 Å². The molecule has 0 aromatic carbocycles. The fraction of sp³-hybridized carbons (Fsp3) is 0.417. The first kappa shape index (κ1) is 34.4. The molecular formula is C24H30N10O7S4. The van der Waals surface area contributed by atoms with Crippen LogP contribution in [0.2, 0.25) is 0 Å². The highest BCUT2D eigenvalue weighted by Gasteiger charge is 2.54. The fourth-order valence-electron chi connectivity index (χ4n) is 4.22. The summed E-state index contributed by atoms with van der Waals surface area (Å²) >= 11 is 4.98. The summed E-state index contributed by atoms with van der Waals surface area (Å²) in [5.74, 6) is -2.48. The molecule has 17 nitrogen and oxygen atoms in total. The maximum absolute atomic E-state index is 13.1. The molecule has 0 radical (unpaired) electrons. The van der Waals surface area contributed by atoms with Crippen molar-refractivity contribution >= 4 is 88.4 Å². The van der Waals surface area contributed by atoms with Crippen molar-refractivity contribution in [3.8, 4) is 0 Å². The van der Waals surface area contributed by atoms with Crippen LogP contribution in [0.5, 0.6) is 0 Å². The number of aliphatic imine (C=N–C) groups is 1. The van der Waals surface area contributed by atoms with Crippen LogP contribution < -0.4 is 32.6 Å². The Balaban J connectivity index is 1.35. The molecule has 0 bridgehead atoms. The first-order chi connectivity index (χ1) is 21.5. The van der Waals surface area contributed by atoms with Crippen LogP contribution >= 0.6 is 47.2 Å². The van der Waals surface area contributed by atoms with Gasteiger partial charge in [-0.3, -0.25) is 34.8 Å². The lowest BCUT2D eigenvalue weighted by Gasteiger charge is -2.49. The number of oxime groups is 1. The summed E-state index contributed by atoms with van der Waals surface area (Å²) in [6.45, 7) is 0.340. The second-order valence-electron chi connectivity index (χ2n) is 9.48. The Morgan fingerprint density at radius 2 is 2.09 bits per heavy atom. The van der Waals surface area contributed by atoms with Gasteiger partial charge in [-0.05, 0) is 30.5 Å². The zero-order chi connectivity index (χ0) is 32.7. The maximum atomic E-state index is 13.1. The predicted octanol–water partition coefficient (Wildman–Crippen LogP) is -1.47. The van der Waals surface area contributed by atoms with Crippen LogP contribution in [0.4, 0.5) is 0 Å². The Morgan fingerprint density at radius 1 is 1.31 bits per heavy atom. The van der Waals surface area contributed by atoms with Gasteiger partial charge in [0, 0.05) is 46.2 Å². The van der Waals surface area contributed by atoms with Crippen LogP contribution in [-0.2, 0) is 29.7 Å². The van der Waals surface area contributed by atoms with Gasteiger partial charge in [-0.1, -0.05) is 16.9 Å². The summed E-state index contributed by atoms with van der Waals surface area (Å²) < 4.78 is 2.67. The summed E-state index contributed by atoms with van der Waals surface area (Å²) in [6, 6.07) is 1.65. The Morgan fingerprint density at radius 3 is 2.76 bits per heavy atom. The summed E-state index contributed by atoms with van der Waals surface area (Å²) in [4.78, 5) is 71.8. The predicted molar refractivity (Wildman–Crippen MR) is 171 cm³/mol. The van der Waals surface area contributed by atoms with E-state index in [0.29, 0.717) is 33.5 Å². The Bertz CT molecular complexity index is 1460. The Hall–Kier alpha value is -3.50. The number of primary amides is 1. The molecular weight excluding hydrogens is 669 g/mol. The number of β-lactam (4-membered cyclic amide) rings is 1. The molecule has 21 heteroatoms. The van der Waals surface area contributed by atoms with Crippen molar-refractivity contribution in [3.05, 3.63) is 34.6 Å². The van der Waals surface area contributed by atoms with Gasteiger partial charge < -0.3 is 37.1 Å². The SMILES string of the molecule is NC(=O)CC[C@H](N)C(=O)NCCSCc1ncccc1SC1=C(C(=O)O)N2C(=O)[C@@H](NC(=O)/C(=N\O)C3=NC(N)SN3)[C@H]2SC1. The average molecular weight is 699 g/mol. The van der Waals surface area contributed by atoms with Crippen molar-refractivity contribution in [1.82, 2.24) is 25.2 Å². The molecule has 4 amide bonds. The zero-order valence-corrected chi connectivity index (χ0v) is 26.6. The molecule has 0 spiro atoms. The number of nitrogens with one attached hydrogen (secondary N) is 3. The maximum Gasteiger partial charge on any atom is 0.353 e. The van der Waals surface area contributed by atoms with Crippen LogP contribution in [0.25, 0.3) is 0 Å². The van der Waals surface area contributed by atoms with Crippen LogP contribution in [0, 0.1) is 0 Å². The number of rotatable bonds is 15. The highest BCUT2D eigenvalue weighted by Crippen LogP contribution is 2.45. The number of nitrogens with zero attached hydrogens (tertiary/aromatic N) is 4. The number of pyridine rings is 1. The van der Waals surface area contributed by atoms with E-state index in [1.165, 1.54) is 35.3 Å². The minimum Gasteiger partial charge on any atom is -0.477 e. The third-order valence-corrected chi connectivity index (χ3v) is 10.7. The van der Waals surface area contributed by atoms with Crippen molar-refractivity contribution in [2.45, 2.75) is 46.4 Å². The third-order valence-electron chi connectivity index (χ3n) is 6.40. The highest BCUT2D eigenvalue weighted by molar-refractivity contribution is 8.06. The molecule has 4 heterocycles. The second-order valence-corrected chi connectivity index (χ2v) is 13.7. The van der Waals surface area contributed by atoms with Crippen LogP contribution in [0.15, 0.2) is 44.0 Å². The number of hydrogen-bond acceptors (Lipinski definition) is 16. The van der Waals surface area contributed by atoms with Crippen molar-refractivity contribution in [1.29, 1.82) is 0 Å². The van der Waals surface area contributed by atoms with E-state index >= 15 is 0 Å². The number of amidine groups is 1. The van der Waals surface area contributed by atoms with Gasteiger partial charge in [0.25, 0.3) is 11.8 Å². The number of carboxylic acid groups (broad SMARTS) is 1. The van der Waals surface area contributed by atoms with Gasteiger partial charge in [-0.2, -0.15) is 11.8 Å². The minimum atomic E-state index is -1.29. The van der Waals surface area contributed by atoms with E-state index in [2.05, 4.69) is 30.5 Å². The quantitative estimate of drug-likeness (QED) is 0.0259.